The number of nitrogens with one attached hydrogen (secondary N) is 1. The largest absolute Gasteiger partial charge is 0.478 e. The summed E-state index contributed by atoms with van der Waals surface area (Å²) >= 11 is 0. The van der Waals surface area contributed by atoms with Gasteiger partial charge in [-0.1, -0.05) is 42.5 Å². The molecule has 5 heteroatoms. The Hall–Kier alpha value is -2.66. The van der Waals surface area contributed by atoms with Crippen molar-refractivity contribution in [1.82, 2.24) is 10.2 Å². The van der Waals surface area contributed by atoms with E-state index in [1.807, 2.05) is 24.3 Å². The molecular formula is C20H22N2O3. The van der Waals surface area contributed by atoms with Gasteiger partial charge in [-0.3, -0.25) is 9.69 Å². The van der Waals surface area contributed by atoms with E-state index in [0.29, 0.717) is 6.54 Å². The maximum absolute atomic E-state index is 12.6. The molecule has 0 spiro atoms. The summed E-state index contributed by atoms with van der Waals surface area (Å²) in [5.41, 5.74) is 2.23. The Balaban J connectivity index is 1.58. The van der Waals surface area contributed by atoms with E-state index >= 15 is 0 Å². The molecule has 2 aromatic carbocycles. The molecule has 1 heterocycles. The molecule has 1 aliphatic heterocycles. The third-order valence-electron chi connectivity index (χ3n) is 4.54. The first-order chi connectivity index (χ1) is 12.1. The lowest BCUT2D eigenvalue weighted by Gasteiger charge is -2.23. The van der Waals surface area contributed by atoms with Gasteiger partial charge in [0.25, 0.3) is 0 Å². The second kappa shape index (κ2) is 7.94. The smallest absolute Gasteiger partial charge is 0.335 e. The van der Waals surface area contributed by atoms with Crippen molar-refractivity contribution in [3.8, 4) is 0 Å². The lowest BCUT2D eigenvalue weighted by molar-refractivity contribution is -0.125. The first-order valence-corrected chi connectivity index (χ1v) is 8.51. The minimum Gasteiger partial charge on any atom is -0.478 e. The van der Waals surface area contributed by atoms with Crippen molar-refractivity contribution in [2.75, 3.05) is 6.54 Å². The third-order valence-corrected chi connectivity index (χ3v) is 4.54. The number of likely N-dealkylation sites (tertiary alicyclic amines) is 1. The summed E-state index contributed by atoms with van der Waals surface area (Å²) in [7, 11) is 0. The molecule has 2 N–H and O–H groups in total. The highest BCUT2D eigenvalue weighted by molar-refractivity contribution is 5.87. The average molecular weight is 338 g/mol. The second-order valence-corrected chi connectivity index (χ2v) is 6.34. The van der Waals surface area contributed by atoms with Gasteiger partial charge in [-0.25, -0.2) is 4.79 Å². The molecule has 1 aliphatic rings. The van der Waals surface area contributed by atoms with Crippen LogP contribution in [0.15, 0.2) is 54.6 Å². The Kier molecular flexibility index (Phi) is 5.46. The Morgan fingerprint density at radius 3 is 2.60 bits per heavy atom. The number of rotatable bonds is 6. The van der Waals surface area contributed by atoms with Gasteiger partial charge >= 0.3 is 5.97 Å². The highest BCUT2D eigenvalue weighted by Gasteiger charge is 2.30. The van der Waals surface area contributed by atoms with Crippen molar-refractivity contribution in [2.45, 2.75) is 32.0 Å². The van der Waals surface area contributed by atoms with E-state index in [2.05, 4.69) is 22.3 Å². The monoisotopic (exact) mass is 338 g/mol. The SMILES string of the molecule is O=C(O)c1cccc(CNC(=O)[C@@H]2CCCN2Cc2ccccc2)c1. The molecule has 0 bridgehead atoms. The van der Waals surface area contributed by atoms with Crippen LogP contribution in [-0.2, 0) is 17.9 Å². The van der Waals surface area contributed by atoms with Crippen LogP contribution in [-0.4, -0.2) is 34.5 Å². The maximum atomic E-state index is 12.6. The molecular weight excluding hydrogens is 316 g/mol. The number of benzene rings is 2. The molecule has 0 radical (unpaired) electrons. The predicted octanol–water partition coefficient (Wildman–Crippen LogP) is 2.67. The number of carboxylic acid groups (broad SMARTS) is 1. The molecule has 130 valence electrons. The van der Waals surface area contributed by atoms with Crippen LogP contribution >= 0.6 is 0 Å². The molecule has 0 saturated carbocycles. The molecule has 0 aromatic heterocycles. The van der Waals surface area contributed by atoms with Crippen LogP contribution in [0.5, 0.6) is 0 Å². The first kappa shape index (κ1) is 17.2. The van der Waals surface area contributed by atoms with Crippen LogP contribution in [0.2, 0.25) is 0 Å². The van der Waals surface area contributed by atoms with Crippen LogP contribution in [0.1, 0.15) is 34.3 Å². The summed E-state index contributed by atoms with van der Waals surface area (Å²) in [6.45, 7) is 2.03. The van der Waals surface area contributed by atoms with E-state index in [0.717, 1.165) is 31.5 Å². The summed E-state index contributed by atoms with van der Waals surface area (Å²) in [6, 6.07) is 16.7. The molecule has 1 saturated heterocycles. The summed E-state index contributed by atoms with van der Waals surface area (Å²) in [6.07, 6.45) is 1.87. The third kappa shape index (κ3) is 4.45. The number of nitrogens with zero attached hydrogens (tertiary/aromatic N) is 1. The van der Waals surface area contributed by atoms with Gasteiger partial charge in [0, 0.05) is 13.1 Å². The van der Waals surface area contributed by atoms with Crippen molar-refractivity contribution >= 4 is 11.9 Å². The van der Waals surface area contributed by atoms with Crippen LogP contribution in [0.4, 0.5) is 0 Å². The van der Waals surface area contributed by atoms with Gasteiger partial charge in [-0.15, -0.1) is 0 Å². The molecule has 0 unspecified atom stereocenters. The predicted molar refractivity (Wildman–Crippen MR) is 95.1 cm³/mol. The van der Waals surface area contributed by atoms with Gasteiger partial charge in [0.1, 0.15) is 0 Å². The summed E-state index contributed by atoms with van der Waals surface area (Å²) in [4.78, 5) is 25.8. The minimum atomic E-state index is -0.960. The highest BCUT2D eigenvalue weighted by atomic mass is 16.4. The Morgan fingerprint density at radius 2 is 1.84 bits per heavy atom. The fourth-order valence-corrected chi connectivity index (χ4v) is 3.25. The molecule has 1 amide bonds. The van der Waals surface area contributed by atoms with E-state index < -0.39 is 5.97 Å². The van der Waals surface area contributed by atoms with E-state index in [1.54, 1.807) is 18.2 Å². The van der Waals surface area contributed by atoms with E-state index in [9.17, 15) is 9.59 Å². The van der Waals surface area contributed by atoms with Gasteiger partial charge in [-0.2, -0.15) is 0 Å². The van der Waals surface area contributed by atoms with Gasteiger partial charge in [0.2, 0.25) is 5.91 Å². The quantitative estimate of drug-likeness (QED) is 0.850. The number of carbonyl (C=O) groups excluding carboxylic acids is 1. The summed E-state index contributed by atoms with van der Waals surface area (Å²) < 4.78 is 0. The van der Waals surface area contributed by atoms with Crippen LogP contribution in [0.25, 0.3) is 0 Å². The van der Waals surface area contributed by atoms with Crippen LogP contribution in [0, 0.1) is 0 Å². The molecule has 1 fully saturated rings. The Morgan fingerprint density at radius 1 is 1.08 bits per heavy atom. The molecule has 5 nitrogen and oxygen atoms in total. The molecule has 25 heavy (non-hydrogen) atoms. The second-order valence-electron chi connectivity index (χ2n) is 6.34. The lowest BCUT2D eigenvalue weighted by Crippen LogP contribution is -2.42. The van der Waals surface area contributed by atoms with Crippen LogP contribution in [0.3, 0.4) is 0 Å². The van der Waals surface area contributed by atoms with Crippen LogP contribution < -0.4 is 5.32 Å². The standard InChI is InChI=1S/C20H22N2O3/c23-19(21-13-16-8-4-9-17(12-16)20(24)25)18-10-5-11-22(18)14-15-6-2-1-3-7-15/h1-4,6-9,12,18H,5,10-11,13-14H2,(H,21,23)(H,24,25)/t18-/m0/s1. The van der Waals surface area contributed by atoms with Gasteiger partial charge < -0.3 is 10.4 Å². The summed E-state index contributed by atoms with van der Waals surface area (Å²) in [5.74, 6) is -0.952. The topological polar surface area (TPSA) is 69.6 Å². The fraction of sp³-hybridized carbons (Fsp3) is 0.300. The van der Waals surface area contributed by atoms with Crippen molar-refractivity contribution < 1.29 is 14.7 Å². The maximum Gasteiger partial charge on any atom is 0.335 e. The number of hydrogen-bond donors (Lipinski definition) is 2. The summed E-state index contributed by atoms with van der Waals surface area (Å²) in [5, 5.41) is 12.0. The minimum absolute atomic E-state index is 0.00848. The number of hydrogen-bond acceptors (Lipinski definition) is 3. The number of carbonyl (C=O) groups is 2. The number of aromatic carboxylic acids is 1. The van der Waals surface area contributed by atoms with Gasteiger partial charge in [-0.05, 0) is 42.6 Å². The molecule has 1 atom stereocenters. The zero-order valence-corrected chi connectivity index (χ0v) is 14.0. The van der Waals surface area contributed by atoms with Crippen molar-refractivity contribution in [3.63, 3.8) is 0 Å². The van der Waals surface area contributed by atoms with Crippen molar-refractivity contribution in [2.24, 2.45) is 0 Å². The Labute approximate surface area is 147 Å². The number of carboxylic acids is 1. The average Bonchev–Trinajstić information content (AvgIpc) is 3.09. The molecule has 3 rings (SSSR count). The highest BCUT2D eigenvalue weighted by Crippen LogP contribution is 2.20. The van der Waals surface area contributed by atoms with Crippen molar-refractivity contribution in [3.05, 3.63) is 71.3 Å². The molecule has 0 aliphatic carbocycles. The normalized spacial score (nSPS) is 17.4. The Bertz CT molecular complexity index is 746. The zero-order valence-electron chi connectivity index (χ0n) is 14.0. The first-order valence-electron chi connectivity index (χ1n) is 8.51. The lowest BCUT2D eigenvalue weighted by atomic mass is 10.1. The zero-order chi connectivity index (χ0) is 17.6. The van der Waals surface area contributed by atoms with E-state index in [1.165, 1.54) is 5.56 Å². The number of amides is 1. The van der Waals surface area contributed by atoms with Gasteiger partial charge in [0.15, 0.2) is 0 Å². The van der Waals surface area contributed by atoms with Crippen molar-refractivity contribution in [1.29, 1.82) is 0 Å². The van der Waals surface area contributed by atoms with E-state index in [4.69, 9.17) is 5.11 Å². The molecule has 2 aromatic rings. The van der Waals surface area contributed by atoms with Gasteiger partial charge in [0.05, 0.1) is 11.6 Å². The fourth-order valence-electron chi connectivity index (χ4n) is 3.25. The van der Waals surface area contributed by atoms with E-state index in [-0.39, 0.29) is 17.5 Å².